The van der Waals surface area contributed by atoms with E-state index in [9.17, 15) is 14.4 Å². The minimum absolute atomic E-state index is 0.123. The third kappa shape index (κ3) is 4.81. The monoisotopic (exact) mass is 401 g/mol. The SMILES string of the molecule is Cc1ccc(C)c(NC(=O)[C@@H](C)OC(=O)c2ccccc2C(=O)c2ccccc2)c1. The highest BCUT2D eigenvalue weighted by atomic mass is 16.5. The molecule has 0 aliphatic heterocycles. The summed E-state index contributed by atoms with van der Waals surface area (Å²) in [6, 6.07) is 20.9. The van der Waals surface area contributed by atoms with Gasteiger partial charge < -0.3 is 10.1 Å². The lowest BCUT2D eigenvalue weighted by Gasteiger charge is -2.16. The summed E-state index contributed by atoms with van der Waals surface area (Å²) in [5, 5.41) is 2.79. The zero-order chi connectivity index (χ0) is 21.7. The molecular weight excluding hydrogens is 378 g/mol. The first-order chi connectivity index (χ1) is 14.4. The number of carbonyl (C=O) groups is 3. The average Bonchev–Trinajstić information content (AvgIpc) is 2.76. The fourth-order valence-corrected chi connectivity index (χ4v) is 2.99. The van der Waals surface area contributed by atoms with Crippen molar-refractivity contribution < 1.29 is 19.1 Å². The van der Waals surface area contributed by atoms with Crippen molar-refractivity contribution in [1.29, 1.82) is 0 Å². The Morgan fingerprint density at radius 2 is 1.47 bits per heavy atom. The minimum Gasteiger partial charge on any atom is -0.449 e. The Kier molecular flexibility index (Phi) is 6.42. The number of hydrogen-bond donors (Lipinski definition) is 1. The number of ether oxygens (including phenoxy) is 1. The normalized spacial score (nSPS) is 11.4. The van der Waals surface area contributed by atoms with Crippen molar-refractivity contribution in [2.45, 2.75) is 26.9 Å². The molecule has 3 aromatic carbocycles. The standard InChI is InChI=1S/C25H23NO4/c1-16-13-14-17(2)22(15-16)26-24(28)18(3)30-25(29)21-12-8-7-11-20(21)23(27)19-9-5-4-6-10-19/h4-15,18H,1-3H3,(H,26,28)/t18-/m1/s1. The van der Waals surface area contributed by atoms with Crippen LogP contribution < -0.4 is 5.32 Å². The molecule has 30 heavy (non-hydrogen) atoms. The van der Waals surface area contributed by atoms with Gasteiger partial charge in [-0.3, -0.25) is 9.59 Å². The van der Waals surface area contributed by atoms with E-state index in [-0.39, 0.29) is 16.9 Å². The summed E-state index contributed by atoms with van der Waals surface area (Å²) in [6.07, 6.45) is -1.03. The zero-order valence-corrected chi connectivity index (χ0v) is 17.1. The number of nitrogens with one attached hydrogen (secondary N) is 1. The molecule has 0 bridgehead atoms. The predicted molar refractivity (Wildman–Crippen MR) is 116 cm³/mol. The minimum atomic E-state index is -1.03. The van der Waals surface area contributed by atoms with Crippen molar-refractivity contribution in [3.63, 3.8) is 0 Å². The Labute approximate surface area is 175 Å². The summed E-state index contributed by atoms with van der Waals surface area (Å²) < 4.78 is 5.36. The largest absolute Gasteiger partial charge is 0.449 e. The smallest absolute Gasteiger partial charge is 0.339 e. The van der Waals surface area contributed by atoms with E-state index in [1.54, 1.807) is 42.5 Å². The molecule has 5 nitrogen and oxygen atoms in total. The number of carbonyl (C=O) groups excluding carboxylic acids is 3. The van der Waals surface area contributed by atoms with Crippen LogP contribution in [0.15, 0.2) is 72.8 Å². The lowest BCUT2D eigenvalue weighted by Crippen LogP contribution is -2.30. The van der Waals surface area contributed by atoms with E-state index < -0.39 is 18.0 Å². The van der Waals surface area contributed by atoms with Crippen LogP contribution in [0.1, 0.15) is 44.3 Å². The highest BCUT2D eigenvalue weighted by Crippen LogP contribution is 2.19. The van der Waals surface area contributed by atoms with Crippen LogP contribution in [0.5, 0.6) is 0 Å². The molecule has 0 radical (unpaired) electrons. The maximum atomic E-state index is 12.8. The van der Waals surface area contributed by atoms with Crippen LogP contribution in [0.3, 0.4) is 0 Å². The lowest BCUT2D eigenvalue weighted by atomic mass is 9.98. The van der Waals surface area contributed by atoms with Gasteiger partial charge >= 0.3 is 5.97 Å². The number of amides is 1. The highest BCUT2D eigenvalue weighted by molar-refractivity contribution is 6.14. The van der Waals surface area contributed by atoms with Gasteiger partial charge in [0.25, 0.3) is 5.91 Å². The summed E-state index contributed by atoms with van der Waals surface area (Å²) >= 11 is 0. The molecule has 0 aliphatic carbocycles. The maximum absolute atomic E-state index is 12.8. The second-order valence-corrected chi connectivity index (χ2v) is 7.10. The van der Waals surface area contributed by atoms with Crippen molar-refractivity contribution in [2.24, 2.45) is 0 Å². The van der Waals surface area contributed by atoms with E-state index in [1.165, 1.54) is 13.0 Å². The first kappa shape index (κ1) is 21.0. The number of rotatable bonds is 6. The Bertz CT molecular complexity index is 1090. The number of aryl methyl sites for hydroxylation is 2. The molecule has 0 saturated carbocycles. The predicted octanol–water partition coefficient (Wildman–Crippen LogP) is 4.72. The molecule has 3 rings (SSSR count). The third-order valence-electron chi connectivity index (χ3n) is 4.73. The lowest BCUT2D eigenvalue weighted by molar-refractivity contribution is -0.123. The van der Waals surface area contributed by atoms with E-state index in [0.29, 0.717) is 11.3 Å². The molecule has 0 spiro atoms. The van der Waals surface area contributed by atoms with Crippen molar-refractivity contribution in [3.8, 4) is 0 Å². The van der Waals surface area contributed by atoms with Gasteiger partial charge in [-0.25, -0.2) is 4.79 Å². The highest BCUT2D eigenvalue weighted by Gasteiger charge is 2.23. The molecule has 1 atom stereocenters. The Morgan fingerprint density at radius 3 is 2.17 bits per heavy atom. The third-order valence-corrected chi connectivity index (χ3v) is 4.73. The molecule has 5 heteroatoms. The topological polar surface area (TPSA) is 72.5 Å². The number of benzene rings is 3. The molecule has 0 heterocycles. The van der Waals surface area contributed by atoms with Crippen molar-refractivity contribution >= 4 is 23.3 Å². The van der Waals surface area contributed by atoms with Crippen molar-refractivity contribution in [3.05, 3.63) is 101 Å². The van der Waals surface area contributed by atoms with Gasteiger partial charge in [0.05, 0.1) is 5.56 Å². The van der Waals surface area contributed by atoms with Crippen LogP contribution >= 0.6 is 0 Å². The first-order valence-electron chi connectivity index (χ1n) is 9.64. The Balaban J connectivity index is 1.75. The van der Waals surface area contributed by atoms with E-state index in [2.05, 4.69) is 5.32 Å². The van der Waals surface area contributed by atoms with Gasteiger partial charge in [0.1, 0.15) is 0 Å². The summed E-state index contributed by atoms with van der Waals surface area (Å²) in [7, 11) is 0. The van der Waals surface area contributed by atoms with Crippen LogP contribution in [0.4, 0.5) is 5.69 Å². The summed E-state index contributed by atoms with van der Waals surface area (Å²) in [6.45, 7) is 5.32. The van der Waals surface area contributed by atoms with Crippen LogP contribution in [0, 0.1) is 13.8 Å². The van der Waals surface area contributed by atoms with E-state index in [4.69, 9.17) is 4.74 Å². The van der Waals surface area contributed by atoms with Gasteiger partial charge in [-0.05, 0) is 44.0 Å². The van der Waals surface area contributed by atoms with Gasteiger partial charge in [-0.1, -0.05) is 60.7 Å². The Hall–Kier alpha value is -3.73. The summed E-state index contributed by atoms with van der Waals surface area (Å²) in [4.78, 5) is 38.1. The second kappa shape index (κ2) is 9.18. The van der Waals surface area contributed by atoms with E-state index >= 15 is 0 Å². The van der Waals surface area contributed by atoms with Gasteiger partial charge in [0.2, 0.25) is 0 Å². The van der Waals surface area contributed by atoms with Crippen molar-refractivity contribution in [2.75, 3.05) is 5.32 Å². The van der Waals surface area contributed by atoms with Gasteiger partial charge in [-0.2, -0.15) is 0 Å². The number of ketones is 1. The number of hydrogen-bond acceptors (Lipinski definition) is 4. The zero-order valence-electron chi connectivity index (χ0n) is 17.1. The number of esters is 1. The van der Waals surface area contributed by atoms with E-state index in [1.807, 2.05) is 38.1 Å². The van der Waals surface area contributed by atoms with Crippen molar-refractivity contribution in [1.82, 2.24) is 0 Å². The molecule has 0 unspecified atom stereocenters. The van der Waals surface area contributed by atoms with Crippen LogP contribution in [0.25, 0.3) is 0 Å². The van der Waals surface area contributed by atoms with E-state index in [0.717, 1.165) is 11.1 Å². The molecule has 0 saturated heterocycles. The maximum Gasteiger partial charge on any atom is 0.339 e. The average molecular weight is 401 g/mol. The first-order valence-corrected chi connectivity index (χ1v) is 9.64. The van der Waals surface area contributed by atoms with Gasteiger partial charge in [0.15, 0.2) is 11.9 Å². The van der Waals surface area contributed by atoms with Crippen LogP contribution in [-0.4, -0.2) is 23.8 Å². The molecule has 1 N–H and O–H groups in total. The molecule has 3 aromatic rings. The summed E-state index contributed by atoms with van der Waals surface area (Å²) in [5.74, 6) is -1.45. The molecular formula is C25H23NO4. The van der Waals surface area contributed by atoms with Gasteiger partial charge in [0, 0.05) is 16.8 Å². The quantitative estimate of drug-likeness (QED) is 0.479. The van der Waals surface area contributed by atoms with Crippen LogP contribution in [0.2, 0.25) is 0 Å². The summed E-state index contributed by atoms with van der Waals surface area (Å²) in [5.41, 5.74) is 3.41. The van der Waals surface area contributed by atoms with Gasteiger partial charge in [-0.15, -0.1) is 0 Å². The second-order valence-electron chi connectivity index (χ2n) is 7.10. The molecule has 0 aliphatic rings. The molecule has 1 amide bonds. The number of anilines is 1. The molecule has 0 aromatic heterocycles. The Morgan fingerprint density at radius 1 is 0.833 bits per heavy atom. The fraction of sp³-hybridized carbons (Fsp3) is 0.160. The fourth-order valence-electron chi connectivity index (χ4n) is 2.99. The van der Waals surface area contributed by atoms with Crippen LogP contribution in [-0.2, 0) is 9.53 Å². The molecule has 152 valence electrons. The molecule has 0 fully saturated rings.